The molecule has 0 atom stereocenters. The highest BCUT2D eigenvalue weighted by molar-refractivity contribution is 7.99. The van der Waals surface area contributed by atoms with Gasteiger partial charge in [-0.3, -0.25) is 9.59 Å². The Morgan fingerprint density at radius 3 is 2.42 bits per heavy atom. The normalized spacial score (nSPS) is 10.5. The SMILES string of the molecule is COc1ccc(OCC(=O)Nc2ccc(SC(F)F)cc2)c(C(C)=O)c1. The zero-order chi connectivity index (χ0) is 19.1. The van der Waals surface area contributed by atoms with Crippen LogP contribution in [-0.4, -0.2) is 31.2 Å². The van der Waals surface area contributed by atoms with E-state index in [9.17, 15) is 18.4 Å². The van der Waals surface area contributed by atoms with Crippen LogP contribution in [0.5, 0.6) is 11.5 Å². The number of nitrogens with one attached hydrogen (secondary N) is 1. The fraction of sp³-hybridized carbons (Fsp3) is 0.222. The summed E-state index contributed by atoms with van der Waals surface area (Å²) in [5.41, 5.74) is 0.768. The van der Waals surface area contributed by atoms with Crippen LogP contribution < -0.4 is 14.8 Å². The molecule has 1 N–H and O–H groups in total. The molecular weight excluding hydrogens is 364 g/mol. The van der Waals surface area contributed by atoms with Crippen LogP contribution in [0.1, 0.15) is 17.3 Å². The Balaban J connectivity index is 1.95. The van der Waals surface area contributed by atoms with Gasteiger partial charge in [-0.05, 0) is 49.4 Å². The minimum Gasteiger partial charge on any atom is -0.497 e. The minimum atomic E-state index is -2.50. The number of anilines is 1. The molecule has 0 fully saturated rings. The summed E-state index contributed by atoms with van der Waals surface area (Å²) < 4.78 is 35.0. The van der Waals surface area contributed by atoms with Gasteiger partial charge < -0.3 is 14.8 Å². The Morgan fingerprint density at radius 1 is 1.15 bits per heavy atom. The minimum absolute atomic E-state index is 0.216. The third kappa shape index (κ3) is 5.73. The number of carbonyl (C=O) groups is 2. The standard InChI is InChI=1S/C18H17F2NO4S/c1-11(22)15-9-13(24-2)5-8-16(15)25-10-17(23)21-12-3-6-14(7-4-12)26-18(19)20/h3-9,18H,10H2,1-2H3,(H,21,23). The number of thioether (sulfide) groups is 1. The van der Waals surface area contributed by atoms with Crippen molar-refractivity contribution in [2.24, 2.45) is 0 Å². The number of halogens is 2. The van der Waals surface area contributed by atoms with E-state index in [1.807, 2.05) is 0 Å². The Morgan fingerprint density at radius 2 is 1.85 bits per heavy atom. The predicted molar refractivity (Wildman–Crippen MR) is 95.4 cm³/mol. The highest BCUT2D eigenvalue weighted by atomic mass is 32.2. The molecule has 0 unspecified atom stereocenters. The van der Waals surface area contributed by atoms with Gasteiger partial charge >= 0.3 is 0 Å². The van der Waals surface area contributed by atoms with Crippen molar-refractivity contribution in [2.75, 3.05) is 19.0 Å². The number of rotatable bonds is 8. The molecular formula is C18H17F2NO4S. The second kappa shape index (κ2) is 9.19. The van der Waals surface area contributed by atoms with Crippen molar-refractivity contribution in [3.05, 3.63) is 48.0 Å². The van der Waals surface area contributed by atoms with Gasteiger partial charge in [-0.25, -0.2) is 0 Å². The Hall–Kier alpha value is -2.61. The second-order valence-corrected chi connectivity index (χ2v) is 6.22. The van der Waals surface area contributed by atoms with Gasteiger partial charge in [0.1, 0.15) is 11.5 Å². The van der Waals surface area contributed by atoms with Crippen LogP contribution in [0.2, 0.25) is 0 Å². The van der Waals surface area contributed by atoms with Crippen LogP contribution in [0.3, 0.4) is 0 Å². The lowest BCUT2D eigenvalue weighted by molar-refractivity contribution is -0.118. The maximum Gasteiger partial charge on any atom is 0.288 e. The summed E-state index contributed by atoms with van der Waals surface area (Å²) in [6.45, 7) is 1.08. The molecule has 1 amide bonds. The fourth-order valence-electron chi connectivity index (χ4n) is 2.10. The van der Waals surface area contributed by atoms with E-state index in [0.717, 1.165) is 0 Å². The van der Waals surface area contributed by atoms with Crippen molar-refractivity contribution in [3.8, 4) is 11.5 Å². The highest BCUT2D eigenvalue weighted by Crippen LogP contribution is 2.26. The molecule has 26 heavy (non-hydrogen) atoms. The van der Waals surface area contributed by atoms with Crippen LogP contribution in [0.25, 0.3) is 0 Å². The average Bonchev–Trinajstić information content (AvgIpc) is 2.61. The second-order valence-electron chi connectivity index (χ2n) is 5.16. The molecule has 2 aromatic carbocycles. The van der Waals surface area contributed by atoms with Crippen molar-refractivity contribution < 1.29 is 27.8 Å². The molecule has 5 nitrogen and oxygen atoms in total. The number of benzene rings is 2. The molecule has 0 bridgehead atoms. The van der Waals surface area contributed by atoms with Gasteiger partial charge in [0.25, 0.3) is 11.7 Å². The predicted octanol–water partition coefficient (Wildman–Crippen LogP) is 4.23. The zero-order valence-corrected chi connectivity index (χ0v) is 14.9. The Labute approximate surface area is 153 Å². The van der Waals surface area contributed by atoms with Crippen molar-refractivity contribution in [1.82, 2.24) is 0 Å². The maximum absolute atomic E-state index is 12.3. The van der Waals surface area contributed by atoms with Gasteiger partial charge in [-0.15, -0.1) is 0 Å². The molecule has 0 aromatic heterocycles. The van der Waals surface area contributed by atoms with E-state index in [-0.39, 0.29) is 18.1 Å². The van der Waals surface area contributed by atoms with E-state index in [0.29, 0.717) is 33.7 Å². The fourth-order valence-corrected chi connectivity index (χ4v) is 2.60. The van der Waals surface area contributed by atoms with Gasteiger partial charge in [0, 0.05) is 10.6 Å². The maximum atomic E-state index is 12.3. The molecule has 0 aliphatic rings. The first-order valence-electron chi connectivity index (χ1n) is 7.55. The van der Waals surface area contributed by atoms with E-state index >= 15 is 0 Å². The summed E-state index contributed by atoms with van der Waals surface area (Å²) in [4.78, 5) is 24.1. The third-order valence-corrected chi connectivity index (χ3v) is 4.01. The number of hydrogen-bond acceptors (Lipinski definition) is 5. The molecule has 0 aliphatic heterocycles. The molecule has 0 heterocycles. The first-order chi connectivity index (χ1) is 12.4. The van der Waals surface area contributed by atoms with Gasteiger partial charge in [-0.1, -0.05) is 11.8 Å². The van der Waals surface area contributed by atoms with Gasteiger partial charge in [0.05, 0.1) is 12.7 Å². The lowest BCUT2D eigenvalue weighted by atomic mass is 10.1. The largest absolute Gasteiger partial charge is 0.497 e. The van der Waals surface area contributed by atoms with Crippen LogP contribution in [-0.2, 0) is 4.79 Å². The van der Waals surface area contributed by atoms with E-state index in [4.69, 9.17) is 9.47 Å². The summed E-state index contributed by atoms with van der Waals surface area (Å²) in [6.07, 6.45) is 0. The van der Waals surface area contributed by atoms with Crippen molar-refractivity contribution in [2.45, 2.75) is 17.6 Å². The Bertz CT molecular complexity index is 781. The van der Waals surface area contributed by atoms with E-state index < -0.39 is 11.7 Å². The monoisotopic (exact) mass is 381 g/mol. The quantitative estimate of drug-likeness (QED) is 0.548. The zero-order valence-electron chi connectivity index (χ0n) is 14.1. The highest BCUT2D eigenvalue weighted by Gasteiger charge is 2.12. The third-order valence-electron chi connectivity index (χ3n) is 3.29. The van der Waals surface area contributed by atoms with Crippen molar-refractivity contribution >= 4 is 29.1 Å². The van der Waals surface area contributed by atoms with E-state index in [2.05, 4.69) is 5.32 Å². The topological polar surface area (TPSA) is 64.6 Å². The summed E-state index contributed by atoms with van der Waals surface area (Å²) >= 11 is 0.428. The van der Waals surface area contributed by atoms with Gasteiger partial charge in [-0.2, -0.15) is 8.78 Å². The molecule has 8 heteroatoms. The Kier molecular flexibility index (Phi) is 6.97. The van der Waals surface area contributed by atoms with Crippen LogP contribution in [0.4, 0.5) is 14.5 Å². The molecule has 0 radical (unpaired) electrons. The number of alkyl halides is 2. The number of ketones is 1. The van der Waals surface area contributed by atoms with Crippen molar-refractivity contribution in [1.29, 1.82) is 0 Å². The molecule has 2 rings (SSSR count). The summed E-state index contributed by atoms with van der Waals surface area (Å²) in [7, 11) is 1.48. The first-order valence-corrected chi connectivity index (χ1v) is 8.43. The lowest BCUT2D eigenvalue weighted by Gasteiger charge is -2.11. The van der Waals surface area contributed by atoms with Gasteiger partial charge in [0.15, 0.2) is 12.4 Å². The summed E-state index contributed by atoms with van der Waals surface area (Å²) in [5.74, 6) is -2.37. The molecule has 138 valence electrons. The molecule has 0 saturated carbocycles. The number of methoxy groups -OCH3 is 1. The average molecular weight is 381 g/mol. The number of ether oxygens (including phenoxy) is 2. The van der Waals surface area contributed by atoms with Gasteiger partial charge in [0.2, 0.25) is 0 Å². The molecule has 2 aromatic rings. The molecule has 0 spiro atoms. The van der Waals surface area contributed by atoms with E-state index in [1.54, 1.807) is 12.1 Å². The van der Waals surface area contributed by atoms with E-state index in [1.165, 1.54) is 44.4 Å². The molecule has 0 saturated heterocycles. The summed E-state index contributed by atoms with van der Waals surface area (Å²) in [6, 6.07) is 10.7. The van der Waals surface area contributed by atoms with Crippen molar-refractivity contribution in [3.63, 3.8) is 0 Å². The number of hydrogen-bond donors (Lipinski definition) is 1. The van der Waals surface area contributed by atoms with Crippen LogP contribution in [0, 0.1) is 0 Å². The number of carbonyl (C=O) groups excluding carboxylic acids is 2. The van der Waals surface area contributed by atoms with Crippen LogP contribution in [0.15, 0.2) is 47.4 Å². The van der Waals surface area contributed by atoms with Crippen LogP contribution >= 0.6 is 11.8 Å². The number of amides is 1. The number of Topliss-reactive ketones (excluding diaryl/α,β-unsaturated/α-hetero) is 1. The summed E-state index contributed by atoms with van der Waals surface area (Å²) in [5, 5.41) is 2.59. The smallest absolute Gasteiger partial charge is 0.288 e. The first kappa shape index (κ1) is 19.7. The lowest BCUT2D eigenvalue weighted by Crippen LogP contribution is -2.20. The molecule has 0 aliphatic carbocycles.